The smallest absolute Gasteiger partial charge is 0.234 e. The van der Waals surface area contributed by atoms with E-state index in [0.29, 0.717) is 15.7 Å². The Labute approximate surface area is 159 Å². The van der Waals surface area contributed by atoms with E-state index in [9.17, 15) is 14.4 Å². The predicted octanol–water partition coefficient (Wildman–Crippen LogP) is 1.56. The second kappa shape index (κ2) is 9.28. The third kappa shape index (κ3) is 6.39. The van der Waals surface area contributed by atoms with Crippen LogP contribution in [0.5, 0.6) is 0 Å². The highest BCUT2D eigenvalue weighted by Gasteiger charge is 2.27. The van der Waals surface area contributed by atoms with Gasteiger partial charge >= 0.3 is 0 Å². The molecule has 3 amide bonds. The minimum absolute atomic E-state index is 0.116. The number of hydrogen-bond donors (Lipinski definition) is 4. The van der Waals surface area contributed by atoms with E-state index < -0.39 is 5.50 Å². The molecule has 2 atom stereocenters. The van der Waals surface area contributed by atoms with Gasteiger partial charge in [0.1, 0.15) is 5.50 Å². The second-order valence-corrected chi connectivity index (χ2v) is 7.29. The molecular formula is C15H18Cl2N4O3S. The van der Waals surface area contributed by atoms with Crippen molar-refractivity contribution in [2.75, 3.05) is 18.1 Å². The van der Waals surface area contributed by atoms with Crippen LogP contribution in [0.1, 0.15) is 12.8 Å². The molecule has 4 N–H and O–H groups in total. The summed E-state index contributed by atoms with van der Waals surface area (Å²) in [6, 6.07) is 4.55. The summed E-state index contributed by atoms with van der Waals surface area (Å²) in [5, 5.41) is 11.9. The van der Waals surface area contributed by atoms with Crippen LogP contribution in [-0.2, 0) is 14.4 Å². The fourth-order valence-corrected chi connectivity index (χ4v) is 3.41. The average molecular weight is 405 g/mol. The van der Waals surface area contributed by atoms with Crippen molar-refractivity contribution < 1.29 is 14.4 Å². The molecule has 25 heavy (non-hydrogen) atoms. The van der Waals surface area contributed by atoms with Gasteiger partial charge in [-0.05, 0) is 18.2 Å². The normalized spacial score (nSPS) is 19.9. The minimum Gasteiger partial charge on any atom is -0.359 e. The highest BCUT2D eigenvalue weighted by Crippen LogP contribution is 2.25. The van der Waals surface area contributed by atoms with Crippen LogP contribution >= 0.6 is 35.0 Å². The molecule has 1 aromatic carbocycles. The second-order valence-electron chi connectivity index (χ2n) is 5.38. The lowest BCUT2D eigenvalue weighted by Crippen LogP contribution is -2.55. The van der Waals surface area contributed by atoms with Gasteiger partial charge in [-0.3, -0.25) is 19.7 Å². The largest absolute Gasteiger partial charge is 0.359 e. The third-order valence-electron chi connectivity index (χ3n) is 3.41. The highest BCUT2D eigenvalue weighted by molar-refractivity contribution is 8.00. The number of anilines is 1. The average Bonchev–Trinajstić information content (AvgIpc) is 2.56. The first-order valence-electron chi connectivity index (χ1n) is 7.50. The van der Waals surface area contributed by atoms with Crippen LogP contribution < -0.4 is 21.3 Å². The van der Waals surface area contributed by atoms with Gasteiger partial charge in [0.25, 0.3) is 0 Å². The number of benzene rings is 1. The van der Waals surface area contributed by atoms with Crippen molar-refractivity contribution >= 4 is 58.4 Å². The molecule has 0 spiro atoms. The summed E-state index contributed by atoms with van der Waals surface area (Å²) in [6.07, 6.45) is 0.427. The number of rotatable bonds is 6. The summed E-state index contributed by atoms with van der Waals surface area (Å²) >= 11 is 13.0. The molecule has 1 aromatic rings. The fraction of sp³-hybridized carbons (Fsp3) is 0.400. The molecule has 1 fully saturated rings. The first kappa shape index (κ1) is 19.8. The Morgan fingerprint density at radius 2 is 2.04 bits per heavy atom. The van der Waals surface area contributed by atoms with Crippen molar-refractivity contribution in [3.05, 3.63) is 28.2 Å². The van der Waals surface area contributed by atoms with Crippen LogP contribution in [0.4, 0.5) is 5.69 Å². The van der Waals surface area contributed by atoms with Crippen molar-refractivity contribution in [1.29, 1.82) is 0 Å². The SMILES string of the molecule is CNC(=O)CC1CC(=O)NC(SCC(=O)Nc2ccc(Cl)c(Cl)c2)N1. The van der Waals surface area contributed by atoms with Crippen molar-refractivity contribution in [2.45, 2.75) is 24.4 Å². The van der Waals surface area contributed by atoms with Crippen LogP contribution in [0.3, 0.4) is 0 Å². The summed E-state index contributed by atoms with van der Waals surface area (Å²) < 4.78 is 0. The molecule has 0 bridgehead atoms. The molecule has 136 valence electrons. The van der Waals surface area contributed by atoms with Gasteiger partial charge < -0.3 is 16.0 Å². The molecule has 1 heterocycles. The van der Waals surface area contributed by atoms with Crippen molar-refractivity contribution in [3.63, 3.8) is 0 Å². The van der Waals surface area contributed by atoms with Crippen molar-refractivity contribution in [2.24, 2.45) is 0 Å². The van der Waals surface area contributed by atoms with Crippen molar-refractivity contribution in [1.82, 2.24) is 16.0 Å². The zero-order valence-corrected chi connectivity index (χ0v) is 15.7. The maximum absolute atomic E-state index is 12.0. The number of amides is 3. The Kier molecular flexibility index (Phi) is 7.37. The minimum atomic E-state index is -0.435. The maximum Gasteiger partial charge on any atom is 0.234 e. The fourth-order valence-electron chi connectivity index (χ4n) is 2.22. The molecule has 0 aromatic heterocycles. The predicted molar refractivity (Wildman–Crippen MR) is 99.7 cm³/mol. The zero-order valence-electron chi connectivity index (χ0n) is 13.4. The van der Waals surface area contributed by atoms with Gasteiger partial charge in [0, 0.05) is 31.6 Å². The Balaban J connectivity index is 1.82. The van der Waals surface area contributed by atoms with E-state index in [2.05, 4.69) is 21.3 Å². The summed E-state index contributed by atoms with van der Waals surface area (Å²) in [4.78, 5) is 35.2. The topological polar surface area (TPSA) is 99.3 Å². The van der Waals surface area contributed by atoms with Crippen LogP contribution in [0.2, 0.25) is 10.0 Å². The van der Waals surface area contributed by atoms with E-state index in [-0.39, 0.29) is 42.4 Å². The van der Waals surface area contributed by atoms with E-state index in [1.807, 2.05) is 0 Å². The standard InChI is InChI=1S/C15H18Cl2N4O3S/c1-18-12(22)5-9-6-13(23)21-15(20-9)25-7-14(24)19-8-2-3-10(16)11(17)4-8/h2-4,9,15,20H,5-7H2,1H3,(H,18,22)(H,19,24)(H,21,23). The van der Waals surface area contributed by atoms with Gasteiger partial charge in [0.2, 0.25) is 17.7 Å². The summed E-state index contributed by atoms with van der Waals surface area (Å²) in [6.45, 7) is 0. The lowest BCUT2D eigenvalue weighted by molar-refractivity contribution is -0.125. The van der Waals surface area contributed by atoms with Gasteiger partial charge in [0.05, 0.1) is 15.8 Å². The number of thioether (sulfide) groups is 1. The summed E-state index contributed by atoms with van der Waals surface area (Å²) in [5.41, 5.74) is 0.105. The molecule has 0 saturated carbocycles. The Hall–Kier alpha value is -1.48. The molecule has 0 aliphatic carbocycles. The summed E-state index contributed by atoms with van der Waals surface area (Å²) in [7, 11) is 1.55. The van der Waals surface area contributed by atoms with E-state index in [1.54, 1.807) is 25.2 Å². The van der Waals surface area contributed by atoms with Gasteiger partial charge in [-0.1, -0.05) is 23.2 Å². The molecule has 1 aliphatic heterocycles. The van der Waals surface area contributed by atoms with Gasteiger partial charge in [-0.25, -0.2) is 0 Å². The Morgan fingerprint density at radius 3 is 2.72 bits per heavy atom. The number of carbonyl (C=O) groups excluding carboxylic acids is 3. The number of halogens is 2. The maximum atomic E-state index is 12.0. The Morgan fingerprint density at radius 1 is 1.28 bits per heavy atom. The summed E-state index contributed by atoms with van der Waals surface area (Å²) in [5.74, 6) is -0.429. The molecule has 7 nitrogen and oxygen atoms in total. The number of nitrogens with one attached hydrogen (secondary N) is 4. The van der Waals surface area contributed by atoms with E-state index in [1.165, 1.54) is 11.8 Å². The molecule has 0 radical (unpaired) electrons. The van der Waals surface area contributed by atoms with Gasteiger partial charge in [0.15, 0.2) is 0 Å². The van der Waals surface area contributed by atoms with E-state index >= 15 is 0 Å². The van der Waals surface area contributed by atoms with E-state index in [4.69, 9.17) is 23.2 Å². The lowest BCUT2D eigenvalue weighted by atomic mass is 10.1. The van der Waals surface area contributed by atoms with Crippen LogP contribution in [0.15, 0.2) is 18.2 Å². The molecule has 2 rings (SSSR count). The monoisotopic (exact) mass is 404 g/mol. The van der Waals surface area contributed by atoms with Gasteiger partial charge in [-0.2, -0.15) is 0 Å². The lowest BCUT2D eigenvalue weighted by Gasteiger charge is -2.30. The highest BCUT2D eigenvalue weighted by atomic mass is 35.5. The first-order chi connectivity index (χ1) is 11.9. The van der Waals surface area contributed by atoms with Crippen molar-refractivity contribution in [3.8, 4) is 0 Å². The van der Waals surface area contributed by atoms with Gasteiger partial charge in [-0.15, -0.1) is 11.8 Å². The van der Waals surface area contributed by atoms with Crippen LogP contribution in [0, 0.1) is 0 Å². The molecule has 1 saturated heterocycles. The Bertz CT molecular complexity index is 674. The molecule has 2 unspecified atom stereocenters. The zero-order chi connectivity index (χ0) is 18.4. The quantitative estimate of drug-likeness (QED) is 0.576. The molecule has 1 aliphatic rings. The van der Waals surface area contributed by atoms with Crippen LogP contribution in [-0.4, -0.2) is 42.1 Å². The number of carbonyl (C=O) groups is 3. The molecular weight excluding hydrogens is 387 g/mol. The number of hydrogen-bond acceptors (Lipinski definition) is 5. The molecule has 10 heteroatoms. The first-order valence-corrected chi connectivity index (χ1v) is 9.30. The van der Waals surface area contributed by atoms with E-state index in [0.717, 1.165) is 0 Å². The third-order valence-corrected chi connectivity index (χ3v) is 5.16. The van der Waals surface area contributed by atoms with Crippen LogP contribution in [0.25, 0.3) is 0 Å².